The average Bonchev–Trinajstić information content (AvgIpc) is 3.63. The molecular weight excluding hydrogens is 1020 g/mol. The number of ether oxygens (including phenoxy) is 2. The van der Waals surface area contributed by atoms with E-state index in [-0.39, 0.29) is 58.0 Å². The lowest BCUT2D eigenvalue weighted by atomic mass is 9.76. The number of rotatable bonds is 32. The monoisotopic (exact) mass is 1130 g/mol. The molecule has 4 N–H and O–H groups in total. The Hall–Kier alpha value is -3.23. The van der Waals surface area contributed by atoms with E-state index in [1.165, 1.54) is 31.4 Å². The second kappa shape index (κ2) is 32.4. The SMILES string of the molecule is CCC1(CCCNC(=O)CCCCCOC(=O)NC2CCC(CC3CCC(N=C=O)CC3)CC2)CC(C)[Si]1(C)OS1(C)CCC1(CC)CCCNC(=O)CCCCCOC(=O)NC1CCC(CC2CCC(N=C=O)CC2)CC1. The molecule has 0 aromatic heterocycles. The quantitative estimate of drug-likeness (QED) is 0.0219. The van der Waals surface area contributed by atoms with Gasteiger partial charge in [0.05, 0.1) is 25.3 Å². The third kappa shape index (κ3) is 18.9. The van der Waals surface area contributed by atoms with Crippen molar-refractivity contribution in [2.45, 2.75) is 285 Å². The summed E-state index contributed by atoms with van der Waals surface area (Å²) in [5.74, 6) is 4.26. The summed E-state index contributed by atoms with van der Waals surface area (Å²) in [6, 6.07) is 0.716. The Bertz CT molecular complexity index is 1960. The Morgan fingerprint density at radius 2 is 1.03 bits per heavy atom. The van der Waals surface area contributed by atoms with Gasteiger partial charge in [-0.3, -0.25) is 9.59 Å². The van der Waals surface area contributed by atoms with Crippen molar-refractivity contribution in [2.75, 3.05) is 38.3 Å². The topological polar surface area (TPSA) is 203 Å². The van der Waals surface area contributed by atoms with E-state index < -0.39 is 18.6 Å². The lowest BCUT2D eigenvalue weighted by molar-refractivity contribution is -0.122. The summed E-state index contributed by atoms with van der Waals surface area (Å²) in [5.41, 5.74) is 0.610. The number of amides is 4. The van der Waals surface area contributed by atoms with E-state index in [0.717, 1.165) is 192 Å². The van der Waals surface area contributed by atoms with Gasteiger partial charge < -0.3 is 34.6 Å². The molecule has 4 amide bonds. The zero-order valence-corrected chi connectivity index (χ0v) is 51.1. The third-order valence-electron chi connectivity index (χ3n) is 20.9. The van der Waals surface area contributed by atoms with E-state index in [9.17, 15) is 28.8 Å². The molecular formula is C61H106N6O9SSi. The van der Waals surface area contributed by atoms with Crippen molar-refractivity contribution in [3.05, 3.63) is 0 Å². The Kier molecular flexibility index (Phi) is 26.6. The van der Waals surface area contributed by atoms with Gasteiger partial charge >= 0.3 is 12.2 Å². The van der Waals surface area contributed by atoms with Crippen LogP contribution in [0.15, 0.2) is 9.98 Å². The van der Waals surface area contributed by atoms with Gasteiger partial charge in [0.25, 0.3) is 0 Å². The van der Waals surface area contributed by atoms with Crippen molar-refractivity contribution in [3.8, 4) is 0 Å². The molecule has 2 heterocycles. The van der Waals surface area contributed by atoms with Crippen LogP contribution in [0.3, 0.4) is 0 Å². The number of isocyanates is 2. The Morgan fingerprint density at radius 1 is 0.590 bits per heavy atom. The summed E-state index contributed by atoms with van der Waals surface area (Å²) in [5, 5.41) is 12.8. The molecule has 0 aromatic rings. The van der Waals surface area contributed by atoms with E-state index in [1.54, 1.807) is 12.2 Å². The van der Waals surface area contributed by atoms with Gasteiger partial charge in [-0.2, -0.15) is 0 Å². The van der Waals surface area contributed by atoms with Crippen LogP contribution in [-0.4, -0.2) is 112 Å². The van der Waals surface area contributed by atoms with E-state index in [4.69, 9.17) is 13.3 Å². The van der Waals surface area contributed by atoms with Gasteiger partial charge in [-0.25, -0.2) is 29.2 Å². The standard InChI is InChI=1S/C61H106N6O9SSi/c1-6-60(34-14-37-62-56(70)16-10-8-12-39-74-58(72)66-54-30-22-50(23-31-54)42-48-18-26-52(27-19-48)64-45-68)36-41-77(60,4)76-78(5)47(3)44-61(78,7-2)35-15-38-63-57(71)17-11-9-13-40-75-59(73)67-55-32-24-51(25-33-55)43-49-20-28-53(29-21-49)65-46-69/h47-55H,6-44H2,1-5H3,(H,62,70)(H,63,71)(H,66,72)(H,67,73). The third-order valence-corrected chi connectivity index (χ3v) is 32.2. The smallest absolute Gasteiger partial charge is 0.407 e. The first-order valence-electron chi connectivity index (χ1n) is 31.7. The van der Waals surface area contributed by atoms with Gasteiger partial charge in [-0.05, 0) is 252 Å². The van der Waals surface area contributed by atoms with Gasteiger partial charge in [0.1, 0.15) is 0 Å². The molecule has 0 spiro atoms. The predicted molar refractivity (Wildman–Crippen MR) is 315 cm³/mol. The van der Waals surface area contributed by atoms with Crippen LogP contribution < -0.4 is 21.3 Å². The van der Waals surface area contributed by atoms with Crippen LogP contribution in [0, 0.1) is 23.7 Å². The lowest BCUT2D eigenvalue weighted by Gasteiger charge is -2.70. The average molecular weight is 1130 g/mol. The van der Waals surface area contributed by atoms with E-state index in [2.05, 4.69) is 64.8 Å². The number of carbonyl (C=O) groups is 4. The number of nitrogens with one attached hydrogen (secondary N) is 4. The first-order valence-corrected chi connectivity index (χ1v) is 36.3. The van der Waals surface area contributed by atoms with Gasteiger partial charge in [0.2, 0.25) is 32.3 Å². The number of aliphatic imine (C=N–C) groups is 2. The van der Waals surface area contributed by atoms with E-state index >= 15 is 0 Å². The minimum Gasteiger partial charge on any atom is -0.450 e. The second-order valence-electron chi connectivity index (χ2n) is 25.7. The van der Waals surface area contributed by atoms with Crippen LogP contribution in [-0.2, 0) is 32.5 Å². The molecule has 0 aromatic carbocycles. The van der Waals surface area contributed by atoms with Crippen molar-refractivity contribution in [2.24, 2.45) is 33.7 Å². The molecule has 17 heteroatoms. The number of nitrogens with zero attached hydrogens (tertiary/aromatic N) is 2. The Labute approximate surface area is 473 Å². The fourth-order valence-electron chi connectivity index (χ4n) is 15.3. The van der Waals surface area contributed by atoms with Gasteiger partial charge in [-0.15, -0.1) is 10.3 Å². The number of carbonyl (C=O) groups excluding carboxylic acids is 6. The highest BCUT2D eigenvalue weighted by Crippen LogP contribution is 2.77. The van der Waals surface area contributed by atoms with Crippen LogP contribution in [0.2, 0.25) is 17.1 Å². The van der Waals surface area contributed by atoms with Crippen LogP contribution in [0.1, 0.15) is 239 Å². The first kappa shape index (κ1) is 63.9. The maximum absolute atomic E-state index is 12.8. The van der Waals surface area contributed by atoms with Crippen molar-refractivity contribution >= 4 is 54.8 Å². The zero-order valence-electron chi connectivity index (χ0n) is 49.3. The number of hydrogen-bond acceptors (Lipinski definition) is 11. The molecule has 2 saturated heterocycles. The van der Waals surface area contributed by atoms with Gasteiger partial charge in [-0.1, -0.05) is 27.2 Å². The second-order valence-corrected chi connectivity index (χ2v) is 33.9. The van der Waals surface area contributed by atoms with Gasteiger partial charge in [0, 0.05) is 42.8 Å². The minimum atomic E-state index is -2.09. The van der Waals surface area contributed by atoms with E-state index in [1.807, 2.05) is 0 Å². The molecule has 5 atom stereocenters. The fraction of sp³-hybridized carbons (Fsp3) is 0.902. The molecule has 15 nitrogen and oxygen atoms in total. The van der Waals surface area contributed by atoms with Crippen LogP contribution in [0.25, 0.3) is 0 Å². The molecule has 0 radical (unpaired) electrons. The van der Waals surface area contributed by atoms with Crippen LogP contribution in [0.5, 0.6) is 0 Å². The summed E-state index contributed by atoms with van der Waals surface area (Å²) in [7, 11) is -3.36. The van der Waals surface area contributed by atoms with E-state index in [0.29, 0.717) is 56.5 Å². The molecule has 4 aliphatic carbocycles. The highest BCUT2D eigenvalue weighted by atomic mass is 32.3. The van der Waals surface area contributed by atoms with Gasteiger partial charge in [0.15, 0.2) is 0 Å². The number of hydrogen-bond donors (Lipinski definition) is 4. The summed E-state index contributed by atoms with van der Waals surface area (Å²) >= 11 is 0. The number of unbranched alkanes of at least 4 members (excludes halogenated alkanes) is 4. The molecule has 6 rings (SSSR count). The molecule has 444 valence electrons. The largest absolute Gasteiger partial charge is 0.450 e. The highest BCUT2D eigenvalue weighted by molar-refractivity contribution is 8.32. The van der Waals surface area contributed by atoms with Crippen molar-refractivity contribution in [1.29, 1.82) is 0 Å². The van der Waals surface area contributed by atoms with Crippen molar-refractivity contribution < 1.29 is 42.1 Å². The minimum absolute atomic E-state index is 0.101. The Balaban J connectivity index is 0.758. The molecule has 0 bridgehead atoms. The maximum Gasteiger partial charge on any atom is 0.407 e. The number of alkyl carbamates (subject to hydrolysis) is 2. The molecule has 5 unspecified atom stereocenters. The highest BCUT2D eigenvalue weighted by Gasteiger charge is 2.67. The molecule has 6 aliphatic rings. The Morgan fingerprint density at radius 3 is 1.41 bits per heavy atom. The first-order chi connectivity index (χ1) is 37.7. The summed E-state index contributed by atoms with van der Waals surface area (Å²) in [6.07, 6.45) is 39.4. The summed E-state index contributed by atoms with van der Waals surface area (Å²) in [6.45, 7) is 11.7. The predicted octanol–water partition coefficient (Wildman–Crippen LogP) is 13.5. The molecule has 4 saturated carbocycles. The van der Waals surface area contributed by atoms with Crippen LogP contribution >= 0.6 is 10.3 Å². The lowest BCUT2D eigenvalue weighted by Crippen LogP contribution is -2.63. The summed E-state index contributed by atoms with van der Waals surface area (Å²) in [4.78, 5) is 79.7. The van der Waals surface area contributed by atoms with Crippen molar-refractivity contribution in [3.63, 3.8) is 0 Å². The molecule has 78 heavy (non-hydrogen) atoms. The van der Waals surface area contributed by atoms with Crippen LogP contribution in [0.4, 0.5) is 9.59 Å². The normalized spacial score (nSPS) is 34.4. The zero-order chi connectivity index (χ0) is 55.9. The molecule has 2 aliphatic heterocycles. The molecule has 6 fully saturated rings. The fourth-order valence-corrected chi connectivity index (χ4v) is 26.9. The maximum atomic E-state index is 12.8. The van der Waals surface area contributed by atoms with Crippen molar-refractivity contribution in [1.82, 2.24) is 21.3 Å². The summed E-state index contributed by atoms with van der Waals surface area (Å²) < 4.78 is 18.9.